The van der Waals surface area contributed by atoms with E-state index in [-0.39, 0.29) is 0 Å². The number of nitrogens with zero attached hydrogens (tertiary/aromatic N) is 4. The minimum absolute atomic E-state index is 0.422. The topological polar surface area (TPSA) is 81.8 Å². The van der Waals surface area contributed by atoms with Crippen LogP contribution in [0.2, 0.25) is 0 Å². The molecule has 0 radical (unpaired) electrons. The van der Waals surface area contributed by atoms with Crippen LogP contribution in [0.1, 0.15) is 35.9 Å². The molecule has 0 saturated heterocycles. The molecule has 0 saturated carbocycles. The van der Waals surface area contributed by atoms with Crippen LogP contribution in [0.5, 0.6) is 5.88 Å². The van der Waals surface area contributed by atoms with Crippen LogP contribution in [0.4, 0.5) is 5.69 Å². The Kier molecular flexibility index (Phi) is 5.30. The molecule has 0 atom stereocenters. The molecule has 0 unspecified atom stereocenters. The Morgan fingerprint density at radius 2 is 2.03 bits per heavy atom. The van der Waals surface area contributed by atoms with Crippen molar-refractivity contribution < 1.29 is 4.74 Å². The van der Waals surface area contributed by atoms with E-state index in [0.29, 0.717) is 29.6 Å². The van der Waals surface area contributed by atoms with E-state index in [9.17, 15) is 0 Å². The SMILES string of the molecule is CC1=CC(=Nc2c(OCCCN(C)C)nn3ccccc23)C(=N)c2c1[nH]c(C)c2C. The standard InChI is InChI=1S/C23H28N6O/c1-14-13-17(20(24)19-15(2)16(3)25-21(14)19)26-22-18-9-6-7-11-29(18)27-23(22)30-12-8-10-28(4)5/h6-7,9,11,13,24-25H,8,10,12H2,1-5H3. The fourth-order valence-corrected chi connectivity index (χ4v) is 3.73. The maximum atomic E-state index is 8.80. The minimum Gasteiger partial charge on any atom is -0.475 e. The van der Waals surface area contributed by atoms with Gasteiger partial charge in [-0.3, -0.25) is 5.41 Å². The quantitative estimate of drug-likeness (QED) is 0.605. The number of aryl methyl sites for hydroxylation is 1. The van der Waals surface area contributed by atoms with Gasteiger partial charge in [-0.1, -0.05) is 6.07 Å². The predicted octanol–water partition coefficient (Wildman–Crippen LogP) is 4.17. The Hall–Kier alpha value is -3.19. The lowest BCUT2D eigenvalue weighted by atomic mass is 9.92. The van der Waals surface area contributed by atoms with Gasteiger partial charge in [0.1, 0.15) is 0 Å². The van der Waals surface area contributed by atoms with Gasteiger partial charge in [0.2, 0.25) is 0 Å². The van der Waals surface area contributed by atoms with Crippen molar-refractivity contribution in [1.29, 1.82) is 5.41 Å². The van der Waals surface area contributed by atoms with Gasteiger partial charge in [0.15, 0.2) is 5.69 Å². The number of hydrogen-bond donors (Lipinski definition) is 2. The molecule has 3 heterocycles. The van der Waals surface area contributed by atoms with Crippen molar-refractivity contribution in [3.05, 3.63) is 53.0 Å². The molecule has 0 aromatic carbocycles. The first-order valence-corrected chi connectivity index (χ1v) is 10.2. The third-order valence-electron chi connectivity index (χ3n) is 5.46. The summed E-state index contributed by atoms with van der Waals surface area (Å²) >= 11 is 0. The zero-order valence-corrected chi connectivity index (χ0v) is 18.2. The summed E-state index contributed by atoms with van der Waals surface area (Å²) in [6, 6.07) is 5.86. The monoisotopic (exact) mass is 404 g/mol. The average Bonchev–Trinajstić information content (AvgIpc) is 3.21. The van der Waals surface area contributed by atoms with Gasteiger partial charge in [-0.15, -0.1) is 5.10 Å². The Morgan fingerprint density at radius 3 is 2.80 bits per heavy atom. The van der Waals surface area contributed by atoms with Crippen molar-refractivity contribution in [2.75, 3.05) is 27.2 Å². The van der Waals surface area contributed by atoms with E-state index >= 15 is 0 Å². The van der Waals surface area contributed by atoms with Crippen molar-refractivity contribution in [3.8, 4) is 5.88 Å². The van der Waals surface area contributed by atoms with Crippen molar-refractivity contribution in [3.63, 3.8) is 0 Å². The molecule has 3 aromatic heterocycles. The molecule has 0 spiro atoms. The van der Waals surface area contributed by atoms with Gasteiger partial charge < -0.3 is 14.6 Å². The summed E-state index contributed by atoms with van der Waals surface area (Å²) < 4.78 is 7.79. The van der Waals surface area contributed by atoms with Crippen LogP contribution in [0, 0.1) is 19.3 Å². The molecule has 1 aliphatic carbocycles. The molecule has 0 fully saturated rings. The highest BCUT2D eigenvalue weighted by molar-refractivity contribution is 6.54. The molecule has 1 aliphatic rings. The van der Waals surface area contributed by atoms with Crippen molar-refractivity contribution in [2.45, 2.75) is 27.2 Å². The van der Waals surface area contributed by atoms with Crippen LogP contribution in [0.3, 0.4) is 0 Å². The molecule has 3 aromatic rings. The fraction of sp³-hybridized carbons (Fsp3) is 0.348. The summed E-state index contributed by atoms with van der Waals surface area (Å²) in [5.74, 6) is 0.499. The summed E-state index contributed by atoms with van der Waals surface area (Å²) in [5, 5.41) is 13.4. The first kappa shape index (κ1) is 20.1. The first-order chi connectivity index (χ1) is 14.4. The Morgan fingerprint density at radius 1 is 1.23 bits per heavy atom. The molecule has 30 heavy (non-hydrogen) atoms. The molecule has 2 N–H and O–H groups in total. The number of allylic oxidation sites excluding steroid dienone is 2. The smallest absolute Gasteiger partial charge is 0.260 e. The number of aromatic nitrogens is 3. The van der Waals surface area contributed by atoms with Gasteiger partial charge in [0.05, 0.1) is 29.2 Å². The number of ether oxygens (including phenoxy) is 1. The van der Waals surface area contributed by atoms with E-state index in [1.807, 2.05) is 65.3 Å². The molecule has 0 bridgehead atoms. The number of nitrogens with one attached hydrogen (secondary N) is 2. The maximum Gasteiger partial charge on any atom is 0.260 e. The van der Waals surface area contributed by atoms with Crippen LogP contribution in [-0.2, 0) is 0 Å². The second-order valence-corrected chi connectivity index (χ2v) is 8.01. The van der Waals surface area contributed by atoms with E-state index in [4.69, 9.17) is 15.1 Å². The number of H-pyrrole nitrogens is 1. The third-order valence-corrected chi connectivity index (χ3v) is 5.46. The highest BCUT2D eigenvalue weighted by atomic mass is 16.5. The van der Waals surface area contributed by atoms with Gasteiger partial charge >= 0.3 is 0 Å². The number of aromatic amines is 1. The molecular weight excluding hydrogens is 376 g/mol. The summed E-state index contributed by atoms with van der Waals surface area (Å²) in [5.41, 5.74) is 7.75. The zero-order valence-electron chi connectivity index (χ0n) is 18.2. The van der Waals surface area contributed by atoms with Gasteiger partial charge in [-0.05, 0) is 70.6 Å². The summed E-state index contributed by atoms with van der Waals surface area (Å²) in [6.07, 6.45) is 4.75. The number of fused-ring (bicyclic) bond motifs is 2. The van der Waals surface area contributed by atoms with Crippen LogP contribution in [-0.4, -0.2) is 58.2 Å². The lowest BCUT2D eigenvalue weighted by Gasteiger charge is -2.15. The fourth-order valence-electron chi connectivity index (χ4n) is 3.73. The molecule has 7 heteroatoms. The van der Waals surface area contributed by atoms with E-state index in [1.165, 1.54) is 0 Å². The number of pyridine rings is 1. The van der Waals surface area contributed by atoms with Crippen LogP contribution in [0.25, 0.3) is 11.1 Å². The van der Waals surface area contributed by atoms with Gasteiger partial charge in [0.25, 0.3) is 5.88 Å². The predicted molar refractivity (Wildman–Crippen MR) is 122 cm³/mol. The molecular formula is C23H28N6O. The van der Waals surface area contributed by atoms with E-state index in [2.05, 4.69) is 15.0 Å². The Labute approximate surface area is 176 Å². The van der Waals surface area contributed by atoms with Gasteiger partial charge in [0, 0.05) is 24.0 Å². The number of aliphatic imine (C=N–C) groups is 1. The lowest BCUT2D eigenvalue weighted by molar-refractivity contribution is 0.273. The maximum absolute atomic E-state index is 8.80. The molecule has 156 valence electrons. The Balaban J connectivity index is 1.74. The molecule has 0 amide bonds. The average molecular weight is 405 g/mol. The number of hydrogen-bond acceptors (Lipinski definition) is 5. The summed E-state index contributed by atoms with van der Waals surface area (Å²) in [4.78, 5) is 10.4. The summed E-state index contributed by atoms with van der Waals surface area (Å²) in [7, 11) is 4.09. The Bertz CT molecular complexity index is 1180. The molecule has 7 nitrogen and oxygen atoms in total. The highest BCUT2D eigenvalue weighted by Crippen LogP contribution is 2.35. The van der Waals surface area contributed by atoms with Crippen molar-refractivity contribution in [1.82, 2.24) is 19.5 Å². The summed E-state index contributed by atoms with van der Waals surface area (Å²) in [6.45, 7) is 7.64. The third kappa shape index (κ3) is 3.57. The highest BCUT2D eigenvalue weighted by Gasteiger charge is 2.25. The van der Waals surface area contributed by atoms with Gasteiger partial charge in [-0.2, -0.15) is 0 Å². The second-order valence-electron chi connectivity index (χ2n) is 8.01. The normalized spacial score (nSPS) is 15.2. The molecule has 0 aliphatic heterocycles. The lowest BCUT2D eigenvalue weighted by Crippen LogP contribution is -2.18. The van der Waals surface area contributed by atoms with Crippen LogP contribution in [0.15, 0.2) is 35.5 Å². The van der Waals surface area contributed by atoms with Gasteiger partial charge in [-0.25, -0.2) is 9.51 Å². The minimum atomic E-state index is 0.422. The molecule has 4 rings (SSSR count). The first-order valence-electron chi connectivity index (χ1n) is 10.2. The zero-order chi connectivity index (χ0) is 21.4. The van der Waals surface area contributed by atoms with E-state index in [0.717, 1.165) is 46.6 Å². The van der Waals surface area contributed by atoms with E-state index < -0.39 is 0 Å². The van der Waals surface area contributed by atoms with Crippen LogP contribution < -0.4 is 4.74 Å². The largest absolute Gasteiger partial charge is 0.475 e. The second kappa shape index (κ2) is 7.91. The number of rotatable bonds is 6. The van der Waals surface area contributed by atoms with Crippen molar-refractivity contribution >= 4 is 28.2 Å². The van der Waals surface area contributed by atoms with Crippen molar-refractivity contribution in [2.24, 2.45) is 4.99 Å². The van der Waals surface area contributed by atoms with E-state index in [1.54, 1.807) is 4.52 Å². The van der Waals surface area contributed by atoms with Crippen LogP contribution >= 0.6 is 0 Å².